The van der Waals surface area contributed by atoms with Gasteiger partial charge < -0.3 is 23.9 Å². The lowest BCUT2D eigenvalue weighted by molar-refractivity contribution is -0.140. The highest BCUT2D eigenvalue weighted by molar-refractivity contribution is 6.46. The van der Waals surface area contributed by atoms with Crippen molar-refractivity contribution in [3.05, 3.63) is 87.8 Å². The van der Waals surface area contributed by atoms with E-state index < -0.39 is 17.7 Å². The van der Waals surface area contributed by atoms with Gasteiger partial charge in [-0.15, -0.1) is 0 Å². The lowest BCUT2D eigenvalue weighted by Crippen LogP contribution is -2.29. The molecule has 3 aromatic rings. The van der Waals surface area contributed by atoms with Crippen molar-refractivity contribution < 1.29 is 28.6 Å². The minimum atomic E-state index is -0.950. The van der Waals surface area contributed by atoms with Crippen LogP contribution in [0.5, 0.6) is 11.5 Å². The highest BCUT2D eigenvalue weighted by Crippen LogP contribution is 2.43. The maximum Gasteiger partial charge on any atom is 0.296 e. The van der Waals surface area contributed by atoms with Crippen LogP contribution in [0.3, 0.4) is 0 Å². The van der Waals surface area contributed by atoms with Gasteiger partial charge in [0.2, 0.25) is 0 Å². The minimum absolute atomic E-state index is 0.0719. The predicted molar refractivity (Wildman–Crippen MR) is 122 cm³/mol. The third-order valence-electron chi connectivity index (χ3n) is 5.53. The molecule has 0 bridgehead atoms. The zero-order valence-corrected chi connectivity index (χ0v) is 19.1. The average Bonchev–Trinajstić information content (AvgIpc) is 3.41. The number of aliphatic hydroxyl groups is 1. The van der Waals surface area contributed by atoms with Gasteiger partial charge in [-0.05, 0) is 42.8 Å². The van der Waals surface area contributed by atoms with Gasteiger partial charge in [0.15, 0.2) is 0 Å². The van der Waals surface area contributed by atoms with Crippen LogP contribution in [0.25, 0.3) is 5.76 Å². The Balaban J connectivity index is 1.90. The highest BCUT2D eigenvalue weighted by atomic mass is 35.5. The number of carbonyl (C=O) groups excluding carboxylic acids is 2. The summed E-state index contributed by atoms with van der Waals surface area (Å²) in [7, 11) is 2.95. The molecule has 0 spiro atoms. The fourth-order valence-corrected chi connectivity index (χ4v) is 4.41. The van der Waals surface area contributed by atoms with Crippen molar-refractivity contribution in [1.82, 2.24) is 4.90 Å². The molecule has 0 radical (unpaired) electrons. The molecule has 1 aromatic heterocycles. The van der Waals surface area contributed by atoms with Crippen LogP contribution in [-0.2, 0) is 16.1 Å². The Morgan fingerprint density at radius 2 is 1.88 bits per heavy atom. The third-order valence-corrected chi connectivity index (χ3v) is 5.81. The number of amides is 1. The Labute approximate surface area is 195 Å². The molecule has 4 rings (SSSR count). The molecule has 8 heteroatoms. The Kier molecular flexibility index (Phi) is 6.16. The molecular weight excluding hydrogens is 446 g/mol. The Morgan fingerprint density at radius 3 is 2.55 bits per heavy atom. The first-order valence-corrected chi connectivity index (χ1v) is 10.5. The molecule has 33 heavy (non-hydrogen) atoms. The van der Waals surface area contributed by atoms with Crippen LogP contribution in [0, 0.1) is 6.92 Å². The van der Waals surface area contributed by atoms with E-state index in [0.29, 0.717) is 17.1 Å². The van der Waals surface area contributed by atoms with E-state index in [2.05, 4.69) is 0 Å². The second kappa shape index (κ2) is 9.03. The average molecular weight is 468 g/mol. The Morgan fingerprint density at radius 1 is 1.12 bits per heavy atom. The second-order valence-electron chi connectivity index (χ2n) is 7.58. The number of furan rings is 1. The number of hydrogen-bond donors (Lipinski definition) is 1. The SMILES string of the molecule is COc1ccccc1CN1C(=O)C(=O)/C(=C(\O)c2cc(C)cc(Cl)c2OC)C1c1ccco1. The summed E-state index contributed by atoms with van der Waals surface area (Å²) in [5.41, 5.74) is 1.56. The number of methoxy groups -OCH3 is 2. The van der Waals surface area contributed by atoms with Gasteiger partial charge in [-0.3, -0.25) is 9.59 Å². The normalized spacial score (nSPS) is 17.5. The molecule has 1 atom stereocenters. The smallest absolute Gasteiger partial charge is 0.296 e. The van der Waals surface area contributed by atoms with Crippen LogP contribution in [-0.4, -0.2) is 35.9 Å². The number of aliphatic hydroxyl groups excluding tert-OH is 1. The van der Waals surface area contributed by atoms with Gasteiger partial charge >= 0.3 is 0 Å². The molecule has 1 aliphatic rings. The predicted octanol–water partition coefficient (Wildman–Crippen LogP) is 4.88. The zero-order valence-electron chi connectivity index (χ0n) is 18.3. The second-order valence-corrected chi connectivity index (χ2v) is 7.99. The number of nitrogens with zero attached hydrogens (tertiary/aromatic N) is 1. The van der Waals surface area contributed by atoms with E-state index >= 15 is 0 Å². The molecule has 2 aromatic carbocycles. The van der Waals surface area contributed by atoms with Gasteiger partial charge in [0.1, 0.15) is 29.1 Å². The van der Waals surface area contributed by atoms with Crippen molar-refractivity contribution in [3.8, 4) is 11.5 Å². The van der Waals surface area contributed by atoms with Crippen molar-refractivity contribution in [3.63, 3.8) is 0 Å². The number of carbonyl (C=O) groups is 2. The van der Waals surface area contributed by atoms with E-state index in [-0.39, 0.29) is 34.2 Å². The standard InChI is InChI=1S/C25H22ClNO6/c1-14-11-16(24(32-3)17(26)12-14)22(28)20-21(19-9-6-10-33-19)27(25(30)23(20)29)13-15-7-4-5-8-18(15)31-2/h4-12,21,28H,13H2,1-3H3/b22-20-. The van der Waals surface area contributed by atoms with E-state index in [1.807, 2.05) is 12.1 Å². The molecule has 7 nitrogen and oxygen atoms in total. The van der Waals surface area contributed by atoms with Crippen LogP contribution >= 0.6 is 11.6 Å². The molecule has 1 amide bonds. The summed E-state index contributed by atoms with van der Waals surface area (Å²) in [6.45, 7) is 1.87. The lowest BCUT2D eigenvalue weighted by Gasteiger charge is -2.24. The number of halogens is 1. The van der Waals surface area contributed by atoms with E-state index in [1.54, 1.807) is 43.3 Å². The largest absolute Gasteiger partial charge is 0.507 e. The van der Waals surface area contributed by atoms with Crippen molar-refractivity contribution in [2.45, 2.75) is 19.5 Å². The number of aryl methyl sites for hydroxylation is 1. The van der Waals surface area contributed by atoms with Gasteiger partial charge in [0, 0.05) is 5.56 Å². The highest BCUT2D eigenvalue weighted by Gasteiger charge is 2.48. The molecule has 170 valence electrons. The summed E-state index contributed by atoms with van der Waals surface area (Å²) >= 11 is 6.30. The summed E-state index contributed by atoms with van der Waals surface area (Å²) < 4.78 is 16.4. The van der Waals surface area contributed by atoms with Crippen molar-refractivity contribution in [1.29, 1.82) is 0 Å². The number of hydrogen-bond acceptors (Lipinski definition) is 6. The van der Waals surface area contributed by atoms with E-state index in [1.165, 1.54) is 25.4 Å². The van der Waals surface area contributed by atoms with Crippen molar-refractivity contribution in [2.24, 2.45) is 0 Å². The first-order chi connectivity index (χ1) is 15.9. The van der Waals surface area contributed by atoms with Gasteiger partial charge in [0.05, 0.1) is 43.2 Å². The lowest BCUT2D eigenvalue weighted by atomic mass is 9.97. The molecule has 2 heterocycles. The number of ketones is 1. The van der Waals surface area contributed by atoms with Gasteiger partial charge in [0.25, 0.3) is 11.7 Å². The fourth-order valence-electron chi connectivity index (χ4n) is 4.06. The first-order valence-electron chi connectivity index (χ1n) is 10.2. The topological polar surface area (TPSA) is 89.2 Å². The van der Waals surface area contributed by atoms with Gasteiger partial charge in [-0.25, -0.2) is 0 Å². The summed E-state index contributed by atoms with van der Waals surface area (Å²) in [5, 5.41) is 11.6. The monoisotopic (exact) mass is 467 g/mol. The molecule has 0 aliphatic carbocycles. The van der Waals surface area contributed by atoms with E-state index in [0.717, 1.165) is 5.56 Å². The van der Waals surface area contributed by atoms with Gasteiger partial charge in [-0.2, -0.15) is 0 Å². The summed E-state index contributed by atoms with van der Waals surface area (Å²) in [4.78, 5) is 27.7. The molecule has 1 fully saturated rings. The third kappa shape index (κ3) is 3.96. The van der Waals surface area contributed by atoms with Crippen molar-refractivity contribution in [2.75, 3.05) is 14.2 Å². The Hall–Kier alpha value is -3.71. The Bertz CT molecular complexity index is 1250. The maximum absolute atomic E-state index is 13.2. The molecule has 1 saturated heterocycles. The molecular formula is C25H22ClNO6. The minimum Gasteiger partial charge on any atom is -0.507 e. The van der Waals surface area contributed by atoms with Crippen molar-refractivity contribution >= 4 is 29.1 Å². The zero-order chi connectivity index (χ0) is 23.7. The number of likely N-dealkylation sites (tertiary alicyclic amines) is 1. The van der Waals surface area contributed by atoms with Crippen LogP contribution in [0.1, 0.15) is 28.5 Å². The van der Waals surface area contributed by atoms with Crippen LogP contribution in [0.2, 0.25) is 5.02 Å². The number of ether oxygens (including phenoxy) is 2. The van der Waals surface area contributed by atoms with Crippen LogP contribution in [0.4, 0.5) is 0 Å². The van der Waals surface area contributed by atoms with E-state index in [4.69, 9.17) is 25.5 Å². The summed E-state index contributed by atoms with van der Waals surface area (Å²) in [6, 6.07) is 12.9. The van der Waals surface area contributed by atoms with Gasteiger partial charge in [-0.1, -0.05) is 29.8 Å². The van der Waals surface area contributed by atoms with E-state index in [9.17, 15) is 14.7 Å². The number of Topliss-reactive ketones (excluding diaryl/α,β-unsaturated/α-hetero) is 1. The number of para-hydroxylation sites is 1. The molecule has 1 unspecified atom stereocenters. The molecule has 0 saturated carbocycles. The molecule has 1 aliphatic heterocycles. The molecule has 1 N–H and O–H groups in total. The van der Waals surface area contributed by atoms with Crippen LogP contribution < -0.4 is 9.47 Å². The number of benzene rings is 2. The number of rotatable bonds is 6. The van der Waals surface area contributed by atoms with Crippen LogP contribution in [0.15, 0.2) is 64.8 Å². The summed E-state index contributed by atoms with van der Waals surface area (Å²) in [5.74, 6) is -0.869. The first kappa shape index (κ1) is 22.5. The summed E-state index contributed by atoms with van der Waals surface area (Å²) in [6.07, 6.45) is 1.45. The maximum atomic E-state index is 13.2. The quantitative estimate of drug-likeness (QED) is 0.316. The fraction of sp³-hybridized carbons (Fsp3) is 0.200.